The zero-order valence-electron chi connectivity index (χ0n) is 19.0. The first-order valence-electron chi connectivity index (χ1n) is 11.1. The molecular formula is C26H32N2O4. The maximum atomic E-state index is 11.7. The van der Waals surface area contributed by atoms with E-state index in [1.54, 1.807) is 18.2 Å². The van der Waals surface area contributed by atoms with Gasteiger partial charge in [0.25, 0.3) is 5.91 Å². The summed E-state index contributed by atoms with van der Waals surface area (Å²) in [5.74, 6) is 0.128. The number of carbonyl (C=O) groups excluding carboxylic acids is 1. The Kier molecular flexibility index (Phi) is 7.57. The topological polar surface area (TPSA) is 105 Å². The zero-order chi connectivity index (χ0) is 23.3. The second-order valence-electron chi connectivity index (χ2n) is 8.36. The maximum Gasteiger partial charge on any atom is 0.252 e. The number of carbonyl (C=O) groups is 1. The molecule has 0 radical (unpaired) electrons. The Morgan fingerprint density at radius 3 is 2.72 bits per heavy atom. The van der Waals surface area contributed by atoms with E-state index in [4.69, 9.17) is 15.5 Å². The minimum Gasteiger partial charge on any atom is -0.507 e. The van der Waals surface area contributed by atoms with Crippen molar-refractivity contribution in [3.63, 3.8) is 0 Å². The number of rotatable bonds is 9. The minimum atomic E-state index is -0.658. The minimum absolute atomic E-state index is 0.0720. The van der Waals surface area contributed by atoms with E-state index < -0.39 is 5.91 Å². The number of hydrogen-bond donors (Lipinski definition) is 3. The SMILES string of the molecule is CCCCCC1CC=C(c2ccc(O)c(C(N)=O)c2)C1N=Cc1cc(C)c(O)c(OC)c1. The van der Waals surface area contributed by atoms with Gasteiger partial charge >= 0.3 is 0 Å². The number of hydrogen-bond acceptors (Lipinski definition) is 5. The first-order chi connectivity index (χ1) is 15.3. The van der Waals surface area contributed by atoms with Gasteiger partial charge in [-0.3, -0.25) is 9.79 Å². The molecular weight excluding hydrogens is 404 g/mol. The lowest BCUT2D eigenvalue weighted by Gasteiger charge is -2.20. The van der Waals surface area contributed by atoms with E-state index in [1.807, 2.05) is 19.2 Å². The Balaban J connectivity index is 1.94. The molecule has 1 aliphatic carbocycles. The number of nitrogens with zero attached hydrogens (tertiary/aromatic N) is 1. The number of primary amides is 1. The molecule has 3 rings (SSSR count). The zero-order valence-corrected chi connectivity index (χ0v) is 19.0. The summed E-state index contributed by atoms with van der Waals surface area (Å²) in [4.78, 5) is 16.7. The van der Waals surface area contributed by atoms with Gasteiger partial charge in [-0.25, -0.2) is 0 Å². The smallest absolute Gasteiger partial charge is 0.252 e. The van der Waals surface area contributed by atoms with Gasteiger partial charge < -0.3 is 20.7 Å². The molecule has 0 spiro atoms. The summed E-state index contributed by atoms with van der Waals surface area (Å²) in [5, 5.41) is 20.1. The first-order valence-corrected chi connectivity index (χ1v) is 11.1. The van der Waals surface area contributed by atoms with Crippen LogP contribution >= 0.6 is 0 Å². The highest BCUT2D eigenvalue weighted by molar-refractivity contribution is 5.96. The van der Waals surface area contributed by atoms with Gasteiger partial charge in [0.05, 0.1) is 18.7 Å². The molecule has 6 heteroatoms. The number of amides is 1. The summed E-state index contributed by atoms with van der Waals surface area (Å²) >= 11 is 0. The van der Waals surface area contributed by atoms with Gasteiger partial charge in [-0.15, -0.1) is 0 Å². The number of allylic oxidation sites excluding steroid dienone is 1. The largest absolute Gasteiger partial charge is 0.507 e. The van der Waals surface area contributed by atoms with Gasteiger partial charge in [0.15, 0.2) is 11.5 Å². The third-order valence-electron chi connectivity index (χ3n) is 6.07. The van der Waals surface area contributed by atoms with Crippen molar-refractivity contribution in [1.29, 1.82) is 0 Å². The average molecular weight is 437 g/mol. The van der Waals surface area contributed by atoms with Crippen molar-refractivity contribution < 1.29 is 19.7 Å². The molecule has 1 aliphatic rings. The summed E-state index contributed by atoms with van der Waals surface area (Å²) < 4.78 is 5.27. The lowest BCUT2D eigenvalue weighted by atomic mass is 9.90. The Bertz CT molecular complexity index is 1040. The van der Waals surface area contributed by atoms with Crippen LogP contribution in [-0.2, 0) is 0 Å². The molecule has 32 heavy (non-hydrogen) atoms. The molecule has 2 aromatic rings. The third kappa shape index (κ3) is 5.13. The highest BCUT2D eigenvalue weighted by atomic mass is 16.5. The van der Waals surface area contributed by atoms with Gasteiger partial charge in [-0.1, -0.05) is 38.3 Å². The number of unbranched alkanes of at least 4 members (excludes halogenated alkanes) is 2. The lowest BCUT2D eigenvalue weighted by Crippen LogP contribution is -2.16. The van der Waals surface area contributed by atoms with Crippen LogP contribution in [0.5, 0.6) is 17.2 Å². The van der Waals surface area contributed by atoms with Gasteiger partial charge in [0, 0.05) is 6.21 Å². The van der Waals surface area contributed by atoms with Crippen LogP contribution in [0.4, 0.5) is 0 Å². The van der Waals surface area contributed by atoms with E-state index in [9.17, 15) is 15.0 Å². The molecule has 1 amide bonds. The van der Waals surface area contributed by atoms with E-state index >= 15 is 0 Å². The van der Waals surface area contributed by atoms with E-state index in [0.29, 0.717) is 11.7 Å². The van der Waals surface area contributed by atoms with Crippen molar-refractivity contribution in [1.82, 2.24) is 0 Å². The summed E-state index contributed by atoms with van der Waals surface area (Å²) in [6.07, 6.45) is 9.46. The predicted molar refractivity (Wildman–Crippen MR) is 128 cm³/mol. The summed E-state index contributed by atoms with van der Waals surface area (Å²) in [5.41, 5.74) is 8.99. The Labute approximate surface area is 189 Å². The highest BCUT2D eigenvalue weighted by Crippen LogP contribution is 2.39. The fraction of sp³-hybridized carbons (Fsp3) is 0.385. The second-order valence-corrected chi connectivity index (χ2v) is 8.36. The average Bonchev–Trinajstić information content (AvgIpc) is 3.17. The molecule has 6 nitrogen and oxygen atoms in total. The quantitative estimate of drug-likeness (QED) is 0.380. The maximum absolute atomic E-state index is 11.7. The van der Waals surface area contributed by atoms with Crippen LogP contribution in [0.1, 0.15) is 66.1 Å². The molecule has 2 aromatic carbocycles. The normalized spacial score (nSPS) is 18.2. The standard InChI is InChI=1S/C26H32N2O4/c1-4-5-6-7-18-8-10-20(19-9-11-22(29)21(14-19)26(27)31)24(18)28-15-17-12-16(2)25(30)23(13-17)32-3/h9-15,18,24,29-30H,4-8H2,1-3H3,(H2,27,31). The number of nitrogens with two attached hydrogens (primary N) is 1. The van der Waals surface area contributed by atoms with E-state index in [2.05, 4.69) is 13.0 Å². The number of phenolic OH excluding ortho intramolecular Hbond substituents is 1. The molecule has 2 unspecified atom stereocenters. The van der Waals surface area contributed by atoms with E-state index in [1.165, 1.54) is 19.6 Å². The molecule has 170 valence electrons. The van der Waals surface area contributed by atoms with Crippen molar-refractivity contribution in [2.45, 2.75) is 52.0 Å². The Hall–Kier alpha value is -3.28. The molecule has 0 saturated carbocycles. The lowest BCUT2D eigenvalue weighted by molar-refractivity contribution is 0.0997. The van der Waals surface area contributed by atoms with Gasteiger partial charge in [-0.2, -0.15) is 0 Å². The van der Waals surface area contributed by atoms with Crippen LogP contribution in [-0.4, -0.2) is 35.5 Å². The van der Waals surface area contributed by atoms with Crippen molar-refractivity contribution in [3.05, 3.63) is 58.7 Å². The van der Waals surface area contributed by atoms with Crippen molar-refractivity contribution in [2.24, 2.45) is 16.6 Å². The number of phenols is 2. The number of aromatic hydroxyl groups is 2. The van der Waals surface area contributed by atoms with E-state index in [0.717, 1.165) is 47.9 Å². The van der Waals surface area contributed by atoms with Gasteiger partial charge in [-0.05, 0) is 72.2 Å². The molecule has 2 atom stereocenters. The van der Waals surface area contributed by atoms with E-state index in [-0.39, 0.29) is 23.1 Å². The summed E-state index contributed by atoms with van der Waals surface area (Å²) in [6, 6.07) is 8.53. The third-order valence-corrected chi connectivity index (χ3v) is 6.07. The first kappa shape index (κ1) is 23.4. The molecule has 0 aromatic heterocycles. The molecule has 0 saturated heterocycles. The van der Waals surface area contributed by atoms with Crippen LogP contribution in [0.25, 0.3) is 5.57 Å². The van der Waals surface area contributed by atoms with Crippen LogP contribution in [0.15, 0.2) is 41.4 Å². The number of aryl methyl sites for hydroxylation is 1. The monoisotopic (exact) mass is 436 g/mol. The number of benzene rings is 2. The van der Waals surface area contributed by atoms with Crippen LogP contribution in [0, 0.1) is 12.8 Å². The number of methoxy groups -OCH3 is 1. The molecule has 4 N–H and O–H groups in total. The van der Waals surface area contributed by atoms with Gasteiger partial charge in [0.2, 0.25) is 0 Å². The van der Waals surface area contributed by atoms with Crippen molar-refractivity contribution in [2.75, 3.05) is 7.11 Å². The fourth-order valence-electron chi connectivity index (χ4n) is 4.29. The van der Waals surface area contributed by atoms with Crippen LogP contribution < -0.4 is 10.5 Å². The molecule has 0 heterocycles. The Morgan fingerprint density at radius 1 is 1.25 bits per heavy atom. The van der Waals surface area contributed by atoms with Crippen molar-refractivity contribution in [3.8, 4) is 17.2 Å². The van der Waals surface area contributed by atoms with Crippen LogP contribution in [0.2, 0.25) is 0 Å². The molecule has 0 aliphatic heterocycles. The summed E-state index contributed by atoms with van der Waals surface area (Å²) in [7, 11) is 1.53. The molecule has 0 bridgehead atoms. The fourth-order valence-corrected chi connectivity index (χ4v) is 4.29. The molecule has 0 fully saturated rings. The number of ether oxygens (including phenoxy) is 1. The summed E-state index contributed by atoms with van der Waals surface area (Å²) in [6.45, 7) is 4.02. The van der Waals surface area contributed by atoms with Crippen LogP contribution in [0.3, 0.4) is 0 Å². The number of aliphatic imine (C=N–C) groups is 1. The van der Waals surface area contributed by atoms with Crippen molar-refractivity contribution >= 4 is 17.7 Å². The Morgan fingerprint density at radius 2 is 2.03 bits per heavy atom. The predicted octanol–water partition coefficient (Wildman–Crippen LogP) is 4.99. The van der Waals surface area contributed by atoms with Gasteiger partial charge in [0.1, 0.15) is 5.75 Å². The second kappa shape index (κ2) is 10.4. The highest BCUT2D eigenvalue weighted by Gasteiger charge is 2.30.